The highest BCUT2D eigenvalue weighted by Crippen LogP contribution is 2.30. The smallest absolute Gasteiger partial charge is 0.0325 e. The first kappa shape index (κ1) is 10.1. The van der Waals surface area contributed by atoms with E-state index in [1.165, 1.54) is 15.4 Å². The maximum Gasteiger partial charge on any atom is 0.0325 e. The van der Waals surface area contributed by atoms with Crippen molar-refractivity contribution in [3.05, 3.63) is 54.1 Å². The standard InChI is InChI=1S/C13H13NS/c1-10-5-2-3-8-13(10)15-12-7-4-6-11(14)9-12/h2-9H,14H2,1H3. The van der Waals surface area contributed by atoms with Crippen LogP contribution in [0.25, 0.3) is 0 Å². The minimum absolute atomic E-state index is 0.814. The molecule has 0 aliphatic carbocycles. The van der Waals surface area contributed by atoms with Gasteiger partial charge in [0.1, 0.15) is 0 Å². The van der Waals surface area contributed by atoms with Gasteiger partial charge in [-0.05, 0) is 36.8 Å². The zero-order chi connectivity index (χ0) is 10.7. The van der Waals surface area contributed by atoms with Crippen molar-refractivity contribution in [3.8, 4) is 0 Å². The highest BCUT2D eigenvalue weighted by molar-refractivity contribution is 7.99. The summed E-state index contributed by atoms with van der Waals surface area (Å²) in [6.45, 7) is 2.12. The zero-order valence-electron chi connectivity index (χ0n) is 8.60. The Morgan fingerprint density at radius 1 is 1.00 bits per heavy atom. The van der Waals surface area contributed by atoms with Gasteiger partial charge in [0.2, 0.25) is 0 Å². The summed E-state index contributed by atoms with van der Waals surface area (Å²) >= 11 is 1.75. The SMILES string of the molecule is Cc1ccccc1Sc1cccc(N)c1. The van der Waals surface area contributed by atoms with Crippen LogP contribution in [0, 0.1) is 6.92 Å². The topological polar surface area (TPSA) is 26.0 Å². The number of benzene rings is 2. The van der Waals surface area contributed by atoms with Crippen LogP contribution in [0.15, 0.2) is 58.3 Å². The van der Waals surface area contributed by atoms with E-state index in [-0.39, 0.29) is 0 Å². The highest BCUT2D eigenvalue weighted by Gasteiger charge is 1.99. The molecule has 0 fully saturated rings. The summed E-state index contributed by atoms with van der Waals surface area (Å²) in [7, 11) is 0. The normalized spacial score (nSPS) is 10.2. The van der Waals surface area contributed by atoms with Crippen LogP contribution in [-0.4, -0.2) is 0 Å². The minimum atomic E-state index is 0.814. The monoisotopic (exact) mass is 215 g/mol. The second-order valence-electron chi connectivity index (χ2n) is 3.44. The van der Waals surface area contributed by atoms with Gasteiger partial charge in [-0.25, -0.2) is 0 Å². The number of rotatable bonds is 2. The van der Waals surface area contributed by atoms with E-state index >= 15 is 0 Å². The lowest BCUT2D eigenvalue weighted by Gasteiger charge is -2.05. The molecular formula is C13H13NS. The van der Waals surface area contributed by atoms with Gasteiger partial charge in [-0.2, -0.15) is 0 Å². The lowest BCUT2D eigenvalue weighted by Crippen LogP contribution is -1.84. The van der Waals surface area contributed by atoms with Crippen molar-refractivity contribution in [2.45, 2.75) is 16.7 Å². The van der Waals surface area contributed by atoms with E-state index in [9.17, 15) is 0 Å². The first-order valence-electron chi connectivity index (χ1n) is 4.85. The van der Waals surface area contributed by atoms with Gasteiger partial charge in [-0.1, -0.05) is 36.0 Å². The van der Waals surface area contributed by atoms with E-state index in [1.807, 2.05) is 18.2 Å². The summed E-state index contributed by atoms with van der Waals surface area (Å²) in [4.78, 5) is 2.47. The number of hydrogen-bond donors (Lipinski definition) is 1. The van der Waals surface area contributed by atoms with Gasteiger partial charge in [0.15, 0.2) is 0 Å². The molecule has 1 nitrogen and oxygen atoms in total. The van der Waals surface area contributed by atoms with Crippen molar-refractivity contribution in [3.63, 3.8) is 0 Å². The van der Waals surface area contributed by atoms with E-state index in [2.05, 4.69) is 37.3 Å². The zero-order valence-corrected chi connectivity index (χ0v) is 9.42. The Morgan fingerprint density at radius 3 is 2.53 bits per heavy atom. The largest absolute Gasteiger partial charge is 0.399 e. The lowest BCUT2D eigenvalue weighted by atomic mass is 10.2. The molecular weight excluding hydrogens is 202 g/mol. The maximum absolute atomic E-state index is 5.74. The highest BCUT2D eigenvalue weighted by atomic mass is 32.2. The molecule has 0 bridgehead atoms. The van der Waals surface area contributed by atoms with Gasteiger partial charge in [-0.15, -0.1) is 0 Å². The molecule has 0 radical (unpaired) electrons. The van der Waals surface area contributed by atoms with Crippen molar-refractivity contribution in [1.82, 2.24) is 0 Å². The van der Waals surface area contributed by atoms with Gasteiger partial charge in [0.05, 0.1) is 0 Å². The van der Waals surface area contributed by atoms with Gasteiger partial charge in [-0.3, -0.25) is 0 Å². The summed E-state index contributed by atoms with van der Waals surface area (Å²) in [5.41, 5.74) is 7.85. The van der Waals surface area contributed by atoms with Crippen LogP contribution in [0.3, 0.4) is 0 Å². The summed E-state index contributed by atoms with van der Waals surface area (Å²) < 4.78 is 0. The first-order valence-corrected chi connectivity index (χ1v) is 5.66. The fraction of sp³-hybridized carbons (Fsp3) is 0.0769. The van der Waals surface area contributed by atoms with Gasteiger partial charge in [0.25, 0.3) is 0 Å². The molecule has 2 heteroatoms. The molecule has 15 heavy (non-hydrogen) atoms. The van der Waals surface area contributed by atoms with E-state index < -0.39 is 0 Å². The third kappa shape index (κ3) is 2.54. The van der Waals surface area contributed by atoms with Gasteiger partial charge < -0.3 is 5.73 Å². The van der Waals surface area contributed by atoms with Crippen LogP contribution in [-0.2, 0) is 0 Å². The van der Waals surface area contributed by atoms with Crippen LogP contribution in [0.2, 0.25) is 0 Å². The predicted octanol–water partition coefficient (Wildman–Crippen LogP) is 3.73. The summed E-state index contributed by atoms with van der Waals surface area (Å²) in [5.74, 6) is 0. The third-order valence-corrected chi connectivity index (χ3v) is 3.35. The second kappa shape index (κ2) is 4.41. The molecule has 2 rings (SSSR count). The number of nitrogen functional groups attached to an aromatic ring is 1. The average Bonchev–Trinajstić information content (AvgIpc) is 2.22. The molecule has 0 saturated heterocycles. The van der Waals surface area contributed by atoms with E-state index in [0.717, 1.165) is 5.69 Å². The fourth-order valence-corrected chi connectivity index (χ4v) is 2.35. The number of nitrogens with two attached hydrogens (primary N) is 1. The lowest BCUT2D eigenvalue weighted by molar-refractivity contribution is 1.29. The van der Waals surface area contributed by atoms with E-state index in [0.29, 0.717) is 0 Å². The molecule has 2 aromatic carbocycles. The minimum Gasteiger partial charge on any atom is -0.399 e. The molecule has 0 aliphatic heterocycles. The van der Waals surface area contributed by atoms with Crippen molar-refractivity contribution in [2.24, 2.45) is 0 Å². The maximum atomic E-state index is 5.74. The summed E-state index contributed by atoms with van der Waals surface area (Å²) in [6.07, 6.45) is 0. The van der Waals surface area contributed by atoms with Gasteiger partial charge in [0, 0.05) is 15.5 Å². The Kier molecular flexibility index (Phi) is 2.97. The number of hydrogen-bond acceptors (Lipinski definition) is 2. The van der Waals surface area contributed by atoms with Crippen LogP contribution in [0.1, 0.15) is 5.56 Å². The second-order valence-corrected chi connectivity index (χ2v) is 4.56. The molecule has 0 saturated carbocycles. The number of anilines is 1. The molecule has 0 amide bonds. The van der Waals surface area contributed by atoms with Crippen LogP contribution in [0.5, 0.6) is 0 Å². The third-order valence-electron chi connectivity index (χ3n) is 2.18. The van der Waals surface area contributed by atoms with E-state index in [4.69, 9.17) is 5.73 Å². The molecule has 0 aromatic heterocycles. The molecule has 0 heterocycles. The van der Waals surface area contributed by atoms with E-state index in [1.54, 1.807) is 11.8 Å². The fourth-order valence-electron chi connectivity index (χ4n) is 1.38. The Labute approximate surface area is 94.3 Å². The Hall–Kier alpha value is -1.41. The summed E-state index contributed by atoms with van der Waals surface area (Å²) in [5, 5.41) is 0. The van der Waals surface area contributed by atoms with Crippen LogP contribution in [0.4, 0.5) is 5.69 Å². The number of aryl methyl sites for hydroxylation is 1. The molecule has 0 aliphatic rings. The quantitative estimate of drug-likeness (QED) is 0.772. The average molecular weight is 215 g/mol. The van der Waals surface area contributed by atoms with Gasteiger partial charge >= 0.3 is 0 Å². The van der Waals surface area contributed by atoms with Crippen LogP contribution >= 0.6 is 11.8 Å². The molecule has 76 valence electrons. The Balaban J connectivity index is 2.26. The van der Waals surface area contributed by atoms with Crippen molar-refractivity contribution in [2.75, 3.05) is 5.73 Å². The van der Waals surface area contributed by atoms with Crippen LogP contribution < -0.4 is 5.73 Å². The molecule has 0 atom stereocenters. The predicted molar refractivity (Wildman–Crippen MR) is 66.2 cm³/mol. The molecule has 2 N–H and O–H groups in total. The summed E-state index contributed by atoms with van der Waals surface area (Å²) in [6, 6.07) is 16.3. The molecule has 0 unspecified atom stereocenters. The van der Waals surface area contributed by atoms with Crippen molar-refractivity contribution < 1.29 is 0 Å². The van der Waals surface area contributed by atoms with Crippen molar-refractivity contribution in [1.29, 1.82) is 0 Å². The van der Waals surface area contributed by atoms with Crippen molar-refractivity contribution >= 4 is 17.4 Å². The molecule has 0 spiro atoms. The Morgan fingerprint density at radius 2 is 1.80 bits per heavy atom. The Bertz CT molecular complexity index is 466. The first-order chi connectivity index (χ1) is 7.25. The molecule has 2 aromatic rings.